The normalized spacial score (nSPS) is 14.0. The quantitative estimate of drug-likeness (QED) is 0.613. The zero-order valence-corrected chi connectivity index (χ0v) is 15.0. The number of hydrogen-bond donors (Lipinski definition) is 2. The summed E-state index contributed by atoms with van der Waals surface area (Å²) in [7, 11) is 2.11. The van der Waals surface area contributed by atoms with Gasteiger partial charge in [-0.2, -0.15) is 0 Å². The molecule has 0 bridgehead atoms. The van der Waals surface area contributed by atoms with Gasteiger partial charge in [-0.3, -0.25) is 0 Å². The van der Waals surface area contributed by atoms with Crippen LogP contribution in [0.4, 0.5) is 5.69 Å². The Hall–Kier alpha value is -2.04. The number of hydrogen-bond acceptors (Lipinski definition) is 4. The zero-order chi connectivity index (χ0) is 17.8. The van der Waals surface area contributed by atoms with Crippen LogP contribution in [0.15, 0.2) is 48.5 Å². The minimum atomic E-state index is 0.255. The first-order valence-electron chi connectivity index (χ1n) is 8.48. The van der Waals surface area contributed by atoms with Gasteiger partial charge >= 0.3 is 0 Å². The lowest BCUT2D eigenvalue weighted by Crippen LogP contribution is -2.32. The predicted octanol–water partition coefficient (Wildman–Crippen LogP) is 4.01. The van der Waals surface area contributed by atoms with Crippen LogP contribution in [0.1, 0.15) is 20.3 Å². The maximum atomic E-state index is 9.63. The first-order valence-corrected chi connectivity index (χ1v) is 8.48. The molecule has 4 heteroatoms. The van der Waals surface area contributed by atoms with Crippen LogP contribution >= 0.6 is 0 Å². The van der Waals surface area contributed by atoms with Crippen LogP contribution in [0, 0.1) is 0 Å². The number of morpholine rings is 1. The highest BCUT2D eigenvalue weighted by molar-refractivity contribution is 5.73. The molecule has 0 atom stereocenters. The van der Waals surface area contributed by atoms with Gasteiger partial charge in [0.2, 0.25) is 0 Å². The number of anilines is 1. The monoisotopic (exact) mass is 330 g/mol. The van der Waals surface area contributed by atoms with Gasteiger partial charge in [0, 0.05) is 24.3 Å². The van der Waals surface area contributed by atoms with Crippen molar-refractivity contribution in [2.45, 2.75) is 20.3 Å². The average molecular weight is 330 g/mol. The third-order valence-electron chi connectivity index (χ3n) is 3.34. The first kappa shape index (κ1) is 20.0. The van der Waals surface area contributed by atoms with E-state index in [2.05, 4.69) is 25.8 Å². The van der Waals surface area contributed by atoms with E-state index in [0.717, 1.165) is 37.4 Å². The summed E-state index contributed by atoms with van der Waals surface area (Å²) < 4.78 is 5.10. The highest BCUT2D eigenvalue weighted by Crippen LogP contribution is 2.30. The minimum absolute atomic E-state index is 0.255. The number of likely N-dealkylation sites (N-methyl/N-ethyl adjacent to an activating group) is 1. The number of benzene rings is 2. The minimum Gasteiger partial charge on any atom is -0.507 e. The first-order chi connectivity index (χ1) is 11.6. The fourth-order valence-corrected chi connectivity index (χ4v) is 2.06. The van der Waals surface area contributed by atoms with Crippen molar-refractivity contribution in [3.05, 3.63) is 48.5 Å². The smallest absolute Gasteiger partial charge is 0.123 e. The highest BCUT2D eigenvalue weighted by atomic mass is 16.5. The van der Waals surface area contributed by atoms with E-state index < -0.39 is 0 Å². The predicted molar refractivity (Wildman–Crippen MR) is 102 cm³/mol. The SMILES string of the molecule is CCC.CN1CCOCC1.Nc1ccc(O)c(-c2ccccc2)c1. The Morgan fingerprint density at radius 1 is 1.04 bits per heavy atom. The van der Waals surface area contributed by atoms with Crippen LogP contribution in [0.3, 0.4) is 0 Å². The number of aromatic hydroxyl groups is 1. The van der Waals surface area contributed by atoms with Gasteiger partial charge in [-0.1, -0.05) is 50.6 Å². The standard InChI is InChI=1S/C12H11NO.C5H11NO.C3H8/c13-10-6-7-12(14)11(8-10)9-4-2-1-3-5-9;1-6-2-4-7-5-3-6;1-3-2/h1-8,14H,13H2;2-5H2,1H3;3H2,1-2H3. The molecule has 0 amide bonds. The lowest BCUT2D eigenvalue weighted by Gasteiger charge is -2.21. The molecular formula is C20H30N2O2. The summed E-state index contributed by atoms with van der Waals surface area (Å²) >= 11 is 0. The number of phenolic OH excluding ortho intramolecular Hbond substituents is 1. The number of phenols is 1. The molecule has 24 heavy (non-hydrogen) atoms. The maximum Gasteiger partial charge on any atom is 0.123 e. The van der Waals surface area contributed by atoms with Crippen LogP contribution < -0.4 is 5.73 Å². The number of nitrogens with two attached hydrogens (primary N) is 1. The summed E-state index contributed by atoms with van der Waals surface area (Å²) in [6.45, 7) is 8.27. The van der Waals surface area contributed by atoms with Gasteiger partial charge < -0.3 is 20.5 Å². The topological polar surface area (TPSA) is 58.7 Å². The third kappa shape index (κ3) is 7.49. The maximum absolute atomic E-state index is 9.63. The molecule has 1 saturated heterocycles. The molecule has 132 valence electrons. The molecule has 1 heterocycles. The van der Waals surface area contributed by atoms with Gasteiger partial charge in [0.15, 0.2) is 0 Å². The summed E-state index contributed by atoms with van der Waals surface area (Å²) in [6, 6.07) is 14.7. The van der Waals surface area contributed by atoms with Crippen LogP contribution in [0.25, 0.3) is 11.1 Å². The van der Waals surface area contributed by atoms with Crippen molar-refractivity contribution in [3.8, 4) is 16.9 Å². The lowest BCUT2D eigenvalue weighted by atomic mass is 10.0. The van der Waals surface area contributed by atoms with Gasteiger partial charge in [0.1, 0.15) is 5.75 Å². The van der Waals surface area contributed by atoms with Crippen molar-refractivity contribution in [2.24, 2.45) is 0 Å². The Labute approximate surface area is 145 Å². The average Bonchev–Trinajstić information content (AvgIpc) is 2.60. The van der Waals surface area contributed by atoms with Gasteiger partial charge in [0.05, 0.1) is 13.2 Å². The molecule has 1 fully saturated rings. The molecule has 0 aromatic heterocycles. The number of rotatable bonds is 1. The summed E-state index contributed by atoms with van der Waals surface area (Å²) in [5.41, 5.74) is 8.05. The van der Waals surface area contributed by atoms with Crippen molar-refractivity contribution >= 4 is 5.69 Å². The number of ether oxygens (including phenoxy) is 1. The van der Waals surface area contributed by atoms with E-state index in [1.165, 1.54) is 6.42 Å². The second-order valence-corrected chi connectivity index (χ2v) is 5.77. The zero-order valence-electron chi connectivity index (χ0n) is 15.0. The lowest BCUT2D eigenvalue weighted by molar-refractivity contribution is 0.0503. The Morgan fingerprint density at radius 3 is 2.12 bits per heavy atom. The van der Waals surface area contributed by atoms with Gasteiger partial charge in [-0.15, -0.1) is 0 Å². The molecule has 3 rings (SSSR count). The van der Waals surface area contributed by atoms with E-state index in [4.69, 9.17) is 10.5 Å². The summed E-state index contributed by atoms with van der Waals surface area (Å²) in [5.74, 6) is 0.255. The van der Waals surface area contributed by atoms with E-state index in [0.29, 0.717) is 5.69 Å². The molecular weight excluding hydrogens is 300 g/mol. The highest BCUT2D eigenvalue weighted by Gasteiger charge is 2.03. The summed E-state index contributed by atoms with van der Waals surface area (Å²) in [5, 5.41) is 9.63. The second kappa shape index (κ2) is 11.5. The van der Waals surface area contributed by atoms with Crippen molar-refractivity contribution in [3.63, 3.8) is 0 Å². The van der Waals surface area contributed by atoms with Gasteiger partial charge in [-0.05, 0) is 30.8 Å². The Morgan fingerprint density at radius 2 is 1.62 bits per heavy atom. The molecule has 4 nitrogen and oxygen atoms in total. The summed E-state index contributed by atoms with van der Waals surface area (Å²) in [4.78, 5) is 2.27. The number of nitrogens with zero attached hydrogens (tertiary/aromatic N) is 1. The molecule has 0 spiro atoms. The molecule has 2 aromatic carbocycles. The van der Waals surface area contributed by atoms with Crippen LogP contribution in [0.2, 0.25) is 0 Å². The van der Waals surface area contributed by atoms with Crippen molar-refractivity contribution in [1.82, 2.24) is 4.90 Å². The molecule has 2 aromatic rings. The number of nitrogen functional groups attached to an aromatic ring is 1. The Kier molecular flexibility index (Phi) is 9.58. The molecule has 0 unspecified atom stereocenters. The molecule has 3 N–H and O–H groups in total. The van der Waals surface area contributed by atoms with Gasteiger partial charge in [0.25, 0.3) is 0 Å². The van der Waals surface area contributed by atoms with Crippen LogP contribution in [-0.2, 0) is 4.74 Å². The second-order valence-electron chi connectivity index (χ2n) is 5.77. The van der Waals surface area contributed by atoms with E-state index in [1.807, 2.05) is 30.3 Å². The molecule has 1 aliphatic rings. The molecule has 0 radical (unpaired) electrons. The van der Waals surface area contributed by atoms with E-state index in [-0.39, 0.29) is 5.75 Å². The summed E-state index contributed by atoms with van der Waals surface area (Å²) in [6.07, 6.45) is 1.25. The van der Waals surface area contributed by atoms with E-state index in [9.17, 15) is 5.11 Å². The molecule has 0 saturated carbocycles. The van der Waals surface area contributed by atoms with Crippen LogP contribution in [-0.4, -0.2) is 43.4 Å². The van der Waals surface area contributed by atoms with Crippen molar-refractivity contribution in [1.29, 1.82) is 0 Å². The van der Waals surface area contributed by atoms with Crippen LogP contribution in [0.5, 0.6) is 5.75 Å². The van der Waals surface area contributed by atoms with Crippen molar-refractivity contribution < 1.29 is 9.84 Å². The van der Waals surface area contributed by atoms with E-state index >= 15 is 0 Å². The van der Waals surface area contributed by atoms with Crippen molar-refractivity contribution in [2.75, 3.05) is 39.1 Å². The third-order valence-corrected chi connectivity index (χ3v) is 3.34. The molecule has 1 aliphatic heterocycles. The molecule has 0 aliphatic carbocycles. The van der Waals surface area contributed by atoms with Gasteiger partial charge in [-0.25, -0.2) is 0 Å². The Balaban J connectivity index is 0.000000241. The Bertz CT molecular complexity index is 567. The fraction of sp³-hybridized carbons (Fsp3) is 0.400. The fourth-order valence-electron chi connectivity index (χ4n) is 2.06. The van der Waals surface area contributed by atoms with E-state index in [1.54, 1.807) is 18.2 Å². The largest absolute Gasteiger partial charge is 0.507 e.